The van der Waals surface area contributed by atoms with Gasteiger partial charge in [0.25, 0.3) is 0 Å². The van der Waals surface area contributed by atoms with Crippen LogP contribution in [0.15, 0.2) is 29.3 Å². The normalized spacial score (nSPS) is 18.5. The van der Waals surface area contributed by atoms with E-state index in [0.717, 1.165) is 36.7 Å². The molecule has 1 saturated heterocycles. The lowest BCUT2D eigenvalue weighted by Gasteiger charge is -2.22. The van der Waals surface area contributed by atoms with Crippen molar-refractivity contribution in [1.82, 2.24) is 10.2 Å². The van der Waals surface area contributed by atoms with E-state index in [1.54, 1.807) is 12.1 Å². The van der Waals surface area contributed by atoms with Crippen molar-refractivity contribution in [3.05, 3.63) is 35.8 Å². The van der Waals surface area contributed by atoms with Gasteiger partial charge >= 0.3 is 0 Å². The zero-order valence-corrected chi connectivity index (χ0v) is 14.7. The molecule has 140 valence electrons. The average molecular weight is 384 g/mol. The summed E-state index contributed by atoms with van der Waals surface area (Å²) in [4.78, 5) is 4.18. The van der Waals surface area contributed by atoms with E-state index < -0.39 is 12.2 Å². The topological polar surface area (TPSA) is 76.3 Å². The van der Waals surface area contributed by atoms with Gasteiger partial charge in [0, 0.05) is 6.61 Å². The summed E-state index contributed by atoms with van der Waals surface area (Å²) in [7, 11) is 0. The standard InChI is InChI=1S/C17H19F3N4OS/c18-11-6-4-10(5-7-11)14-15(12-3-1-2-8-25-12)23-24-16(14)22-17(21)26-9-13(19)20/h4-7,12-13H,1-3,8-9H2,(H3,21,22,23,24). The lowest BCUT2D eigenvalue weighted by Crippen LogP contribution is -2.12. The first kappa shape index (κ1) is 18.8. The van der Waals surface area contributed by atoms with Crippen LogP contribution in [-0.2, 0) is 4.74 Å². The van der Waals surface area contributed by atoms with E-state index in [1.165, 1.54) is 12.1 Å². The second kappa shape index (κ2) is 8.59. The summed E-state index contributed by atoms with van der Waals surface area (Å²) < 4.78 is 43.8. The van der Waals surface area contributed by atoms with E-state index in [2.05, 4.69) is 15.2 Å². The Labute approximate surface area is 153 Å². The van der Waals surface area contributed by atoms with Crippen molar-refractivity contribution >= 4 is 22.7 Å². The maximum absolute atomic E-state index is 13.3. The molecule has 1 fully saturated rings. The number of nitrogens with zero attached hydrogens (tertiary/aromatic N) is 2. The molecule has 1 atom stereocenters. The maximum atomic E-state index is 13.3. The van der Waals surface area contributed by atoms with Crippen molar-refractivity contribution in [2.75, 3.05) is 12.4 Å². The fourth-order valence-electron chi connectivity index (χ4n) is 2.81. The number of hydrogen-bond donors (Lipinski definition) is 2. The zero-order valence-electron chi connectivity index (χ0n) is 13.9. The second-order valence-corrected chi connectivity index (χ2v) is 6.89. The Bertz CT molecular complexity index is 758. The molecule has 0 radical (unpaired) electrons. The van der Waals surface area contributed by atoms with Crippen LogP contribution >= 0.6 is 11.8 Å². The number of aromatic nitrogens is 2. The van der Waals surface area contributed by atoms with Gasteiger partial charge in [0.05, 0.1) is 23.1 Å². The molecule has 2 heterocycles. The summed E-state index contributed by atoms with van der Waals surface area (Å²) in [6, 6.07) is 5.93. The van der Waals surface area contributed by atoms with Gasteiger partial charge in [0.15, 0.2) is 11.0 Å². The highest BCUT2D eigenvalue weighted by Gasteiger charge is 2.25. The number of alkyl halides is 2. The summed E-state index contributed by atoms with van der Waals surface area (Å²) in [6.07, 6.45) is 0.205. The first-order chi connectivity index (χ1) is 12.5. The number of hydrogen-bond acceptors (Lipinski definition) is 4. The van der Waals surface area contributed by atoms with Gasteiger partial charge in [0.1, 0.15) is 5.82 Å². The molecule has 0 amide bonds. The number of amidine groups is 1. The molecule has 26 heavy (non-hydrogen) atoms. The van der Waals surface area contributed by atoms with Gasteiger partial charge in [0.2, 0.25) is 6.43 Å². The van der Waals surface area contributed by atoms with Crippen LogP contribution in [0.3, 0.4) is 0 Å². The summed E-state index contributed by atoms with van der Waals surface area (Å²) >= 11 is 0.763. The molecule has 5 nitrogen and oxygen atoms in total. The van der Waals surface area contributed by atoms with Crippen molar-refractivity contribution in [2.24, 2.45) is 10.7 Å². The molecule has 9 heteroatoms. The lowest BCUT2D eigenvalue weighted by molar-refractivity contribution is 0.0126. The maximum Gasteiger partial charge on any atom is 0.248 e. The van der Waals surface area contributed by atoms with Gasteiger partial charge in [-0.1, -0.05) is 23.9 Å². The summed E-state index contributed by atoms with van der Waals surface area (Å²) in [5.41, 5.74) is 7.84. The van der Waals surface area contributed by atoms with Crippen LogP contribution in [0.1, 0.15) is 31.1 Å². The molecular weight excluding hydrogens is 365 g/mol. The first-order valence-corrected chi connectivity index (χ1v) is 9.24. The molecule has 1 aliphatic rings. The van der Waals surface area contributed by atoms with Gasteiger partial charge < -0.3 is 10.5 Å². The van der Waals surface area contributed by atoms with E-state index in [0.29, 0.717) is 17.7 Å². The fraction of sp³-hybridized carbons (Fsp3) is 0.412. The number of benzene rings is 1. The van der Waals surface area contributed by atoms with Crippen LogP contribution in [0.2, 0.25) is 0 Å². The van der Waals surface area contributed by atoms with E-state index in [4.69, 9.17) is 10.5 Å². The highest BCUT2D eigenvalue weighted by molar-refractivity contribution is 8.13. The quantitative estimate of drug-likeness (QED) is 0.592. The number of nitrogens with two attached hydrogens (primary N) is 1. The van der Waals surface area contributed by atoms with Crippen LogP contribution in [0.4, 0.5) is 19.0 Å². The Morgan fingerprint density at radius 1 is 1.35 bits per heavy atom. The van der Waals surface area contributed by atoms with Gasteiger partial charge in [-0.15, -0.1) is 0 Å². The minimum absolute atomic E-state index is 0.00345. The number of ether oxygens (including phenoxy) is 1. The van der Waals surface area contributed by atoms with E-state index in [-0.39, 0.29) is 22.9 Å². The van der Waals surface area contributed by atoms with Crippen LogP contribution in [0.25, 0.3) is 11.1 Å². The van der Waals surface area contributed by atoms with E-state index >= 15 is 0 Å². The third kappa shape index (κ3) is 4.59. The molecule has 3 rings (SSSR count). The highest BCUT2D eigenvalue weighted by atomic mass is 32.2. The monoisotopic (exact) mass is 384 g/mol. The molecule has 2 aromatic rings. The molecule has 1 aromatic carbocycles. The van der Waals surface area contributed by atoms with Crippen LogP contribution in [0.5, 0.6) is 0 Å². The molecule has 0 saturated carbocycles. The molecule has 0 bridgehead atoms. The molecule has 1 unspecified atom stereocenters. The van der Waals surface area contributed by atoms with Crippen molar-refractivity contribution in [3.8, 4) is 11.1 Å². The number of halogens is 3. The predicted octanol–water partition coefficient (Wildman–Crippen LogP) is 4.40. The summed E-state index contributed by atoms with van der Waals surface area (Å²) in [5, 5.41) is 7.13. The van der Waals surface area contributed by atoms with Gasteiger partial charge in [-0.3, -0.25) is 5.10 Å². The van der Waals surface area contributed by atoms with Gasteiger partial charge in [-0.05, 0) is 37.0 Å². The Balaban J connectivity index is 1.97. The minimum atomic E-state index is -2.48. The van der Waals surface area contributed by atoms with Gasteiger partial charge in [-0.25, -0.2) is 18.2 Å². The largest absolute Gasteiger partial charge is 0.378 e. The average Bonchev–Trinajstić information content (AvgIpc) is 3.05. The molecule has 3 N–H and O–H groups in total. The van der Waals surface area contributed by atoms with Crippen molar-refractivity contribution < 1.29 is 17.9 Å². The SMILES string of the molecule is NC(=Nc1n[nH]c(C2CCCCO2)c1-c1ccc(F)cc1)SCC(F)F. The number of aliphatic imine (C=N–C) groups is 1. The smallest absolute Gasteiger partial charge is 0.248 e. The van der Waals surface area contributed by atoms with Crippen molar-refractivity contribution in [2.45, 2.75) is 31.8 Å². The molecule has 1 aliphatic heterocycles. The Morgan fingerprint density at radius 2 is 2.12 bits per heavy atom. The number of rotatable bonds is 5. The predicted molar refractivity (Wildman–Crippen MR) is 96.3 cm³/mol. The summed E-state index contributed by atoms with van der Waals surface area (Å²) in [6.45, 7) is 0.650. The number of nitrogens with one attached hydrogen (secondary N) is 1. The van der Waals surface area contributed by atoms with Crippen LogP contribution < -0.4 is 5.73 Å². The third-order valence-electron chi connectivity index (χ3n) is 3.98. The third-order valence-corrected chi connectivity index (χ3v) is 4.79. The Kier molecular flexibility index (Phi) is 6.20. The number of thioether (sulfide) groups is 1. The van der Waals surface area contributed by atoms with Crippen molar-refractivity contribution in [1.29, 1.82) is 0 Å². The lowest BCUT2D eigenvalue weighted by atomic mass is 9.98. The second-order valence-electron chi connectivity index (χ2n) is 5.85. The fourth-order valence-corrected chi connectivity index (χ4v) is 3.26. The Morgan fingerprint density at radius 3 is 2.77 bits per heavy atom. The van der Waals surface area contributed by atoms with E-state index in [1.807, 2.05) is 0 Å². The van der Waals surface area contributed by atoms with Crippen LogP contribution in [-0.4, -0.2) is 34.2 Å². The molecule has 0 aliphatic carbocycles. The van der Waals surface area contributed by atoms with Crippen LogP contribution in [0, 0.1) is 5.82 Å². The molecular formula is C17H19F3N4OS. The summed E-state index contributed by atoms with van der Waals surface area (Å²) in [5.74, 6) is -0.519. The Hall–Kier alpha value is -2.00. The number of H-pyrrole nitrogens is 1. The zero-order chi connectivity index (χ0) is 18.5. The number of aromatic amines is 1. The van der Waals surface area contributed by atoms with Crippen molar-refractivity contribution in [3.63, 3.8) is 0 Å². The molecule has 0 spiro atoms. The first-order valence-electron chi connectivity index (χ1n) is 8.25. The highest BCUT2D eigenvalue weighted by Crippen LogP contribution is 2.39. The molecule has 1 aromatic heterocycles. The van der Waals surface area contributed by atoms with Gasteiger partial charge in [-0.2, -0.15) is 5.10 Å². The van der Waals surface area contributed by atoms with E-state index in [9.17, 15) is 13.2 Å². The minimum Gasteiger partial charge on any atom is -0.378 e.